The number of esters is 1. The van der Waals surface area contributed by atoms with Gasteiger partial charge in [-0.3, -0.25) is 9.59 Å². The summed E-state index contributed by atoms with van der Waals surface area (Å²) in [6.07, 6.45) is 9.24. The first kappa shape index (κ1) is 36.1. The average molecular weight is 734 g/mol. The molecule has 2 fully saturated rings. The summed E-state index contributed by atoms with van der Waals surface area (Å²) in [4.78, 5) is 56.7. The van der Waals surface area contributed by atoms with Crippen molar-refractivity contribution in [1.82, 2.24) is 25.1 Å². The normalized spacial score (nSPS) is 21.3. The highest BCUT2D eigenvalue weighted by Gasteiger charge is 2.52. The number of nitriles is 1. The number of hydrogen-bond donors (Lipinski definition) is 1. The summed E-state index contributed by atoms with van der Waals surface area (Å²) in [6, 6.07) is 13.8. The Balaban J connectivity index is 1.25. The molecular formula is C37H38Cl2N6O6. The third kappa shape index (κ3) is 8.13. The fourth-order valence-electron chi connectivity index (χ4n) is 6.95. The lowest BCUT2D eigenvalue weighted by Crippen LogP contribution is -2.66. The molecule has 4 amide bonds. The summed E-state index contributed by atoms with van der Waals surface area (Å²) in [7, 11) is 1.30. The van der Waals surface area contributed by atoms with Crippen LogP contribution in [0.15, 0.2) is 72.3 Å². The first-order valence-corrected chi connectivity index (χ1v) is 17.5. The van der Waals surface area contributed by atoms with Crippen molar-refractivity contribution < 1.29 is 28.7 Å². The highest BCUT2D eigenvalue weighted by Crippen LogP contribution is 2.34. The lowest BCUT2D eigenvalue weighted by molar-refractivity contribution is -0.155. The number of carbonyl (C=O) groups is 4. The Hall–Kier alpha value is -4.67. The molecule has 6 rings (SSSR count). The van der Waals surface area contributed by atoms with Crippen molar-refractivity contribution in [2.45, 2.75) is 50.5 Å². The smallest absolute Gasteiger partial charge is 0.333 e. The Morgan fingerprint density at radius 1 is 1.12 bits per heavy atom. The van der Waals surface area contributed by atoms with E-state index >= 15 is 0 Å². The van der Waals surface area contributed by atoms with Crippen LogP contribution < -0.4 is 5.32 Å². The molecule has 0 radical (unpaired) electrons. The number of rotatable bonds is 11. The number of benzene rings is 2. The summed E-state index contributed by atoms with van der Waals surface area (Å²) in [5, 5.41) is 16.2. The standard InChI is InChI=1S/C37H38Cl2N6O6/c1-50-35(47)23-51-28-12-9-24(10-13-28)18-32-36(48)42(20-27-7-4-6-26-5-2-3-8-29(26)27)21-33-44(22-34(46)45(32)33)43(16-15-40)37(49)41-19-25-11-14-30(38)31(39)17-25/h2-3,5,7-12,14,17,28,32-33H,4,6,13,16,18-23H2,1H3,(H,41,49)/t28?,32-,33+/m0/s1. The maximum absolute atomic E-state index is 14.4. The van der Waals surface area contributed by atoms with Crippen LogP contribution in [0.5, 0.6) is 0 Å². The molecule has 1 unspecified atom stereocenters. The zero-order valence-electron chi connectivity index (χ0n) is 28.1. The minimum Gasteiger partial charge on any atom is -0.467 e. The van der Waals surface area contributed by atoms with Gasteiger partial charge in [0, 0.05) is 19.5 Å². The van der Waals surface area contributed by atoms with E-state index in [0.717, 1.165) is 29.6 Å². The number of carbonyl (C=O) groups excluding carboxylic acids is 4. The average Bonchev–Trinajstić information content (AvgIpc) is 3.46. The number of piperazine rings is 1. The predicted octanol–water partition coefficient (Wildman–Crippen LogP) is 4.49. The SMILES string of the molecule is COC(=O)COC1C=CC(C[C@H]2C(=O)N(CC3=CCCc4ccccc43)C[C@H]3N2C(=O)CN3N(CC#N)C(=O)NCc2ccc(Cl)c(Cl)c2)=CC1. The van der Waals surface area contributed by atoms with E-state index in [2.05, 4.69) is 34.3 Å². The molecule has 2 aromatic rings. The van der Waals surface area contributed by atoms with Gasteiger partial charge in [0.1, 0.15) is 25.4 Å². The molecule has 1 N–H and O–H groups in total. The number of hydrazine groups is 1. The molecule has 0 saturated carbocycles. The molecule has 4 aliphatic rings. The van der Waals surface area contributed by atoms with Crippen LogP contribution in [0.4, 0.5) is 4.79 Å². The lowest BCUT2D eigenvalue weighted by atomic mass is 9.90. The number of methoxy groups -OCH3 is 1. The van der Waals surface area contributed by atoms with E-state index in [-0.39, 0.29) is 57.1 Å². The van der Waals surface area contributed by atoms with Gasteiger partial charge in [-0.1, -0.05) is 77.8 Å². The van der Waals surface area contributed by atoms with Gasteiger partial charge in [-0.05, 0) is 59.2 Å². The van der Waals surface area contributed by atoms with Crippen molar-refractivity contribution in [2.24, 2.45) is 0 Å². The second-order valence-corrected chi connectivity index (χ2v) is 13.5. The molecule has 2 saturated heterocycles. The molecule has 51 heavy (non-hydrogen) atoms. The summed E-state index contributed by atoms with van der Waals surface area (Å²) in [5.41, 5.74) is 4.89. The number of ether oxygens (including phenoxy) is 2. The second-order valence-electron chi connectivity index (χ2n) is 12.7. The van der Waals surface area contributed by atoms with Crippen LogP contribution in [0.3, 0.4) is 0 Å². The number of halogens is 2. The second kappa shape index (κ2) is 16.1. The van der Waals surface area contributed by atoms with E-state index in [0.29, 0.717) is 28.6 Å². The summed E-state index contributed by atoms with van der Waals surface area (Å²) in [5.74, 6) is -0.988. The van der Waals surface area contributed by atoms with Crippen LogP contribution in [-0.2, 0) is 36.8 Å². The van der Waals surface area contributed by atoms with Crippen molar-refractivity contribution >= 4 is 52.6 Å². The number of allylic oxidation sites excluding steroid dienone is 2. The van der Waals surface area contributed by atoms with Gasteiger partial charge in [0.05, 0.1) is 42.4 Å². The van der Waals surface area contributed by atoms with E-state index in [1.807, 2.05) is 30.4 Å². The number of urea groups is 1. The predicted molar refractivity (Wildman–Crippen MR) is 190 cm³/mol. The molecule has 0 spiro atoms. The van der Waals surface area contributed by atoms with Crippen molar-refractivity contribution in [1.29, 1.82) is 5.26 Å². The van der Waals surface area contributed by atoms with Gasteiger partial charge in [0.2, 0.25) is 11.8 Å². The van der Waals surface area contributed by atoms with E-state index in [9.17, 15) is 24.4 Å². The third-order valence-corrected chi connectivity index (χ3v) is 10.2. The zero-order chi connectivity index (χ0) is 36.1. The molecule has 0 bridgehead atoms. The van der Waals surface area contributed by atoms with Crippen molar-refractivity contribution in [2.75, 3.05) is 39.9 Å². The topological polar surface area (TPSA) is 136 Å². The molecule has 2 aliphatic carbocycles. The largest absolute Gasteiger partial charge is 0.467 e. The van der Waals surface area contributed by atoms with Crippen LogP contribution in [0.25, 0.3) is 5.57 Å². The molecule has 0 aromatic heterocycles. The minimum atomic E-state index is -0.854. The van der Waals surface area contributed by atoms with Gasteiger partial charge in [0.15, 0.2) is 0 Å². The van der Waals surface area contributed by atoms with Gasteiger partial charge in [0.25, 0.3) is 0 Å². The Kier molecular flexibility index (Phi) is 11.4. The number of nitrogens with zero attached hydrogens (tertiary/aromatic N) is 5. The maximum atomic E-state index is 14.4. The van der Waals surface area contributed by atoms with E-state index in [1.54, 1.807) is 33.0 Å². The van der Waals surface area contributed by atoms with Gasteiger partial charge in [-0.2, -0.15) is 10.3 Å². The molecular weight excluding hydrogens is 695 g/mol. The fraction of sp³-hybridized carbons (Fsp3) is 0.378. The molecule has 3 atom stereocenters. The van der Waals surface area contributed by atoms with E-state index in [1.165, 1.54) is 17.7 Å². The molecule has 12 nitrogen and oxygen atoms in total. The number of nitrogens with one attached hydrogen (secondary N) is 1. The van der Waals surface area contributed by atoms with Gasteiger partial charge < -0.3 is 24.6 Å². The van der Waals surface area contributed by atoms with Crippen LogP contribution in [-0.4, -0.2) is 102 Å². The van der Waals surface area contributed by atoms with Gasteiger partial charge >= 0.3 is 12.0 Å². The molecule has 14 heteroatoms. The van der Waals surface area contributed by atoms with Crippen molar-refractivity contribution in [3.8, 4) is 6.07 Å². The number of amides is 4. The first-order valence-electron chi connectivity index (χ1n) is 16.7. The summed E-state index contributed by atoms with van der Waals surface area (Å²) in [6.45, 7) is -0.0975. The van der Waals surface area contributed by atoms with Crippen LogP contribution in [0.1, 0.15) is 36.0 Å². The van der Waals surface area contributed by atoms with Gasteiger partial charge in [-0.15, -0.1) is 0 Å². The Labute approximate surface area is 306 Å². The van der Waals surface area contributed by atoms with E-state index < -0.39 is 24.2 Å². The number of hydrogen-bond acceptors (Lipinski definition) is 8. The van der Waals surface area contributed by atoms with Gasteiger partial charge in [-0.25, -0.2) is 14.6 Å². The number of aryl methyl sites for hydroxylation is 1. The summed E-state index contributed by atoms with van der Waals surface area (Å²) < 4.78 is 10.3. The van der Waals surface area contributed by atoms with Crippen LogP contribution in [0, 0.1) is 11.3 Å². The minimum absolute atomic E-state index is 0.111. The maximum Gasteiger partial charge on any atom is 0.333 e. The number of fused-ring (bicyclic) bond motifs is 2. The first-order chi connectivity index (χ1) is 24.7. The van der Waals surface area contributed by atoms with Crippen molar-refractivity contribution in [3.63, 3.8) is 0 Å². The lowest BCUT2D eigenvalue weighted by Gasteiger charge is -2.46. The highest BCUT2D eigenvalue weighted by atomic mass is 35.5. The van der Waals surface area contributed by atoms with Crippen LogP contribution in [0.2, 0.25) is 10.0 Å². The fourth-order valence-corrected chi connectivity index (χ4v) is 7.27. The molecule has 2 heterocycles. The van der Waals surface area contributed by atoms with E-state index in [4.69, 9.17) is 27.9 Å². The molecule has 2 aromatic carbocycles. The zero-order valence-corrected chi connectivity index (χ0v) is 29.6. The molecule has 2 aliphatic heterocycles. The Morgan fingerprint density at radius 2 is 1.94 bits per heavy atom. The quantitative estimate of drug-likeness (QED) is 0.264. The molecule has 266 valence electrons. The Morgan fingerprint density at radius 3 is 2.69 bits per heavy atom. The monoisotopic (exact) mass is 732 g/mol. The summed E-state index contributed by atoms with van der Waals surface area (Å²) >= 11 is 12.2. The Bertz CT molecular complexity index is 1840. The van der Waals surface area contributed by atoms with Crippen molar-refractivity contribution in [3.05, 3.63) is 99.1 Å². The highest BCUT2D eigenvalue weighted by molar-refractivity contribution is 6.42. The van der Waals surface area contributed by atoms with Crippen LogP contribution >= 0.6 is 23.2 Å². The third-order valence-electron chi connectivity index (χ3n) is 9.50.